The quantitative estimate of drug-likeness (QED) is 0.507. The molecule has 0 saturated carbocycles. The molecule has 0 aromatic carbocycles. The Morgan fingerprint density at radius 1 is 0.882 bits per heavy atom. The summed E-state index contributed by atoms with van der Waals surface area (Å²) >= 11 is 0. The Hall–Kier alpha value is -0.120. The van der Waals surface area contributed by atoms with Gasteiger partial charge in [-0.2, -0.15) is 0 Å². The van der Waals surface area contributed by atoms with Crippen LogP contribution in [0.15, 0.2) is 0 Å². The van der Waals surface area contributed by atoms with Crippen molar-refractivity contribution in [2.75, 3.05) is 33.0 Å². The zero-order valence-corrected chi connectivity index (χ0v) is 12.0. The third-order valence-corrected chi connectivity index (χ3v) is 2.56. The van der Waals surface area contributed by atoms with E-state index < -0.39 is 0 Å². The number of unbranched alkanes of at least 4 members (excludes halogenated alkanes) is 4. The van der Waals surface area contributed by atoms with Crippen molar-refractivity contribution in [2.24, 2.45) is 0 Å². The fraction of sp³-hybridized carbons (Fsp3) is 1.00. The molecule has 0 aliphatic heterocycles. The Labute approximate surface area is 109 Å². The summed E-state index contributed by atoms with van der Waals surface area (Å²) in [5.74, 6) is 0. The van der Waals surface area contributed by atoms with Crippen molar-refractivity contribution in [1.29, 1.82) is 0 Å². The van der Waals surface area contributed by atoms with Crippen LogP contribution in [0.2, 0.25) is 0 Å². The van der Waals surface area contributed by atoms with E-state index in [0.29, 0.717) is 12.6 Å². The minimum Gasteiger partial charge on any atom is -0.379 e. The van der Waals surface area contributed by atoms with E-state index in [1.165, 1.54) is 32.1 Å². The number of ether oxygens (including phenoxy) is 2. The highest BCUT2D eigenvalue weighted by molar-refractivity contribution is 4.50. The normalized spacial score (nSPS) is 11.3. The Kier molecular flexibility index (Phi) is 13.8. The summed E-state index contributed by atoms with van der Waals surface area (Å²) < 4.78 is 10.9. The topological polar surface area (TPSA) is 30.5 Å². The first-order valence-corrected chi connectivity index (χ1v) is 7.16. The lowest BCUT2D eigenvalue weighted by molar-refractivity contribution is 0.0469. The van der Waals surface area contributed by atoms with Crippen molar-refractivity contribution >= 4 is 0 Å². The van der Waals surface area contributed by atoms with Gasteiger partial charge in [0.15, 0.2) is 0 Å². The highest BCUT2D eigenvalue weighted by atomic mass is 16.5. The molecule has 106 valence electrons. The van der Waals surface area contributed by atoms with E-state index in [0.717, 1.165) is 26.4 Å². The van der Waals surface area contributed by atoms with Gasteiger partial charge in [0.2, 0.25) is 0 Å². The van der Waals surface area contributed by atoms with E-state index in [1.54, 1.807) is 0 Å². The van der Waals surface area contributed by atoms with Gasteiger partial charge in [-0.05, 0) is 6.42 Å². The summed E-state index contributed by atoms with van der Waals surface area (Å²) in [5, 5.41) is 3.31. The van der Waals surface area contributed by atoms with E-state index in [9.17, 15) is 0 Å². The van der Waals surface area contributed by atoms with E-state index in [-0.39, 0.29) is 1.43 Å². The smallest absolute Gasteiger partial charge is 0.0701 e. The van der Waals surface area contributed by atoms with Crippen LogP contribution in [-0.4, -0.2) is 39.0 Å². The third-order valence-electron chi connectivity index (χ3n) is 2.56. The Balaban J connectivity index is 0. The summed E-state index contributed by atoms with van der Waals surface area (Å²) in [4.78, 5) is 0. The molecule has 0 aliphatic carbocycles. The lowest BCUT2D eigenvalue weighted by Crippen LogP contribution is -2.27. The summed E-state index contributed by atoms with van der Waals surface area (Å²) in [5.41, 5.74) is 0. The van der Waals surface area contributed by atoms with Crippen molar-refractivity contribution in [3.8, 4) is 0 Å². The van der Waals surface area contributed by atoms with Crippen molar-refractivity contribution in [3.05, 3.63) is 0 Å². The lowest BCUT2D eigenvalue weighted by Gasteiger charge is -2.08. The molecule has 3 heteroatoms. The molecule has 0 radical (unpaired) electrons. The van der Waals surface area contributed by atoms with Crippen LogP contribution in [-0.2, 0) is 9.47 Å². The molecule has 0 heterocycles. The summed E-state index contributed by atoms with van der Waals surface area (Å²) in [6.45, 7) is 10.6. The molecule has 0 fully saturated rings. The number of rotatable bonds is 13. The fourth-order valence-electron chi connectivity index (χ4n) is 1.55. The van der Waals surface area contributed by atoms with Crippen molar-refractivity contribution in [1.82, 2.24) is 5.32 Å². The maximum absolute atomic E-state index is 5.50. The van der Waals surface area contributed by atoms with Crippen LogP contribution in [0.25, 0.3) is 0 Å². The standard InChI is InChI=1S/C14H31NO2.H2/c1-4-5-6-7-8-10-16-12-13-17-11-9-15-14(2)3;/h14-15H,4-13H2,1-3H3;1H. The highest BCUT2D eigenvalue weighted by Gasteiger charge is 1.93. The number of hydrogen-bond acceptors (Lipinski definition) is 3. The van der Waals surface area contributed by atoms with Crippen LogP contribution in [0, 0.1) is 0 Å². The molecule has 0 rings (SSSR count). The second kappa shape index (κ2) is 13.9. The van der Waals surface area contributed by atoms with Gasteiger partial charge in [-0.3, -0.25) is 0 Å². The van der Waals surface area contributed by atoms with Gasteiger partial charge in [0.05, 0.1) is 19.8 Å². The molecular weight excluding hydrogens is 214 g/mol. The van der Waals surface area contributed by atoms with E-state index in [2.05, 4.69) is 26.1 Å². The first-order valence-electron chi connectivity index (χ1n) is 7.16. The zero-order valence-electron chi connectivity index (χ0n) is 12.0. The monoisotopic (exact) mass is 247 g/mol. The fourth-order valence-corrected chi connectivity index (χ4v) is 1.55. The zero-order chi connectivity index (χ0) is 12.8. The molecule has 0 aromatic heterocycles. The van der Waals surface area contributed by atoms with Gasteiger partial charge in [0, 0.05) is 20.6 Å². The minimum atomic E-state index is 0. The maximum atomic E-state index is 5.50. The van der Waals surface area contributed by atoms with Gasteiger partial charge >= 0.3 is 0 Å². The van der Waals surface area contributed by atoms with Gasteiger partial charge in [-0.25, -0.2) is 0 Å². The van der Waals surface area contributed by atoms with Crippen LogP contribution < -0.4 is 5.32 Å². The predicted octanol–water partition coefficient (Wildman–Crippen LogP) is 3.23. The van der Waals surface area contributed by atoms with Gasteiger partial charge in [0.25, 0.3) is 0 Å². The molecule has 17 heavy (non-hydrogen) atoms. The van der Waals surface area contributed by atoms with E-state index >= 15 is 0 Å². The summed E-state index contributed by atoms with van der Waals surface area (Å²) in [6, 6.07) is 0.540. The number of hydrogen-bond donors (Lipinski definition) is 1. The highest BCUT2D eigenvalue weighted by Crippen LogP contribution is 2.02. The molecule has 0 aromatic rings. The second-order valence-electron chi connectivity index (χ2n) is 4.75. The maximum Gasteiger partial charge on any atom is 0.0701 e. The molecule has 0 unspecified atom stereocenters. The van der Waals surface area contributed by atoms with Crippen molar-refractivity contribution in [3.63, 3.8) is 0 Å². The molecule has 1 N–H and O–H groups in total. The first kappa shape index (κ1) is 16.9. The second-order valence-corrected chi connectivity index (χ2v) is 4.75. The van der Waals surface area contributed by atoms with Crippen LogP contribution in [0.1, 0.15) is 54.3 Å². The van der Waals surface area contributed by atoms with Crippen molar-refractivity contribution < 1.29 is 10.9 Å². The van der Waals surface area contributed by atoms with Crippen LogP contribution in [0.5, 0.6) is 0 Å². The Morgan fingerprint density at radius 2 is 1.53 bits per heavy atom. The molecule has 0 aliphatic rings. The van der Waals surface area contributed by atoms with Gasteiger partial charge in [-0.1, -0.05) is 46.5 Å². The lowest BCUT2D eigenvalue weighted by atomic mass is 10.2. The molecule has 0 saturated heterocycles. The average Bonchev–Trinajstić information content (AvgIpc) is 2.30. The Morgan fingerprint density at radius 3 is 2.18 bits per heavy atom. The van der Waals surface area contributed by atoms with E-state index in [1.807, 2.05) is 0 Å². The first-order chi connectivity index (χ1) is 8.27. The molecule has 0 amide bonds. The predicted molar refractivity (Wildman–Crippen MR) is 75.6 cm³/mol. The molecular formula is C14H33NO2. The molecule has 0 spiro atoms. The average molecular weight is 247 g/mol. The van der Waals surface area contributed by atoms with E-state index in [4.69, 9.17) is 9.47 Å². The Bertz CT molecular complexity index is 146. The molecule has 0 bridgehead atoms. The van der Waals surface area contributed by atoms with Gasteiger partial charge in [-0.15, -0.1) is 0 Å². The molecule has 0 atom stereocenters. The van der Waals surface area contributed by atoms with Gasteiger partial charge < -0.3 is 14.8 Å². The van der Waals surface area contributed by atoms with Crippen LogP contribution in [0.4, 0.5) is 0 Å². The van der Waals surface area contributed by atoms with Crippen LogP contribution in [0.3, 0.4) is 0 Å². The largest absolute Gasteiger partial charge is 0.379 e. The minimum absolute atomic E-state index is 0. The van der Waals surface area contributed by atoms with Crippen molar-refractivity contribution in [2.45, 2.75) is 58.9 Å². The molecule has 3 nitrogen and oxygen atoms in total. The summed E-state index contributed by atoms with van der Waals surface area (Å²) in [6.07, 6.45) is 6.49. The SMILES string of the molecule is CCCCCCCOCCOCCNC(C)C.[HH]. The van der Waals surface area contributed by atoms with Gasteiger partial charge in [0.1, 0.15) is 0 Å². The summed E-state index contributed by atoms with van der Waals surface area (Å²) in [7, 11) is 0. The van der Waals surface area contributed by atoms with Crippen LogP contribution >= 0.6 is 0 Å². The number of nitrogens with one attached hydrogen (secondary N) is 1. The third kappa shape index (κ3) is 15.9.